The SMILES string of the molecule is COC(=O)[C@@H](Cc1ccc(C(F)(F)F)cc1)NC(=O)[C@H](Cc1ccc(OCC(O)CF)cc1)N=[N+]=[N-]. The molecule has 13 heteroatoms. The smallest absolute Gasteiger partial charge is 0.416 e. The van der Waals surface area contributed by atoms with E-state index in [1.807, 2.05) is 0 Å². The van der Waals surface area contributed by atoms with Crippen molar-refractivity contribution in [2.24, 2.45) is 5.11 Å². The molecule has 2 rings (SSSR count). The molecule has 0 saturated heterocycles. The van der Waals surface area contributed by atoms with E-state index in [0.29, 0.717) is 16.9 Å². The highest BCUT2D eigenvalue weighted by Crippen LogP contribution is 2.29. The average molecular weight is 512 g/mol. The number of alkyl halides is 4. The summed E-state index contributed by atoms with van der Waals surface area (Å²) in [5.74, 6) is -1.28. The second kappa shape index (κ2) is 13.3. The standard InChI is InChI=1S/C23H24F4N4O5/c1-35-22(34)20(11-14-2-6-16(7-3-14)23(25,26)27)29-21(33)19(30-31-28)10-15-4-8-18(9-5-15)36-13-17(32)12-24/h2-9,17,19-20,32H,10-13H2,1H3,(H,29,33)/t17?,19-,20+/m0/s1. The van der Waals surface area contributed by atoms with Crippen LogP contribution in [0, 0.1) is 0 Å². The van der Waals surface area contributed by atoms with Crippen molar-refractivity contribution in [2.45, 2.75) is 37.2 Å². The first-order chi connectivity index (χ1) is 17.1. The van der Waals surface area contributed by atoms with E-state index in [9.17, 15) is 32.3 Å². The summed E-state index contributed by atoms with van der Waals surface area (Å²) >= 11 is 0. The van der Waals surface area contributed by atoms with Gasteiger partial charge in [-0.2, -0.15) is 13.2 Å². The van der Waals surface area contributed by atoms with Gasteiger partial charge in [-0.1, -0.05) is 29.4 Å². The van der Waals surface area contributed by atoms with Crippen LogP contribution in [-0.4, -0.2) is 55.6 Å². The molecule has 2 aromatic rings. The van der Waals surface area contributed by atoms with Crippen LogP contribution in [0.5, 0.6) is 5.75 Å². The summed E-state index contributed by atoms with van der Waals surface area (Å²) in [7, 11) is 1.09. The Hall–Kier alpha value is -3.83. The van der Waals surface area contributed by atoms with Gasteiger partial charge in [0.15, 0.2) is 0 Å². The molecule has 1 unspecified atom stereocenters. The molecular weight excluding hydrogens is 488 g/mol. The molecule has 0 aliphatic rings. The lowest BCUT2D eigenvalue weighted by atomic mass is 10.0. The lowest BCUT2D eigenvalue weighted by molar-refractivity contribution is -0.145. The molecule has 0 aromatic heterocycles. The van der Waals surface area contributed by atoms with Gasteiger partial charge in [-0.3, -0.25) is 4.79 Å². The number of ether oxygens (including phenoxy) is 2. The predicted octanol–water partition coefficient (Wildman–Crippen LogP) is 3.54. The number of carbonyl (C=O) groups excluding carboxylic acids is 2. The van der Waals surface area contributed by atoms with Crippen LogP contribution in [0.2, 0.25) is 0 Å². The summed E-state index contributed by atoms with van der Waals surface area (Å²) < 4.78 is 60.6. The number of nitrogens with one attached hydrogen (secondary N) is 1. The zero-order valence-electron chi connectivity index (χ0n) is 19.1. The molecule has 36 heavy (non-hydrogen) atoms. The van der Waals surface area contributed by atoms with Gasteiger partial charge >= 0.3 is 12.1 Å². The summed E-state index contributed by atoms with van der Waals surface area (Å²) in [6.45, 7) is -1.19. The minimum atomic E-state index is -4.52. The number of nitrogens with zero attached hydrogens (tertiary/aromatic N) is 3. The van der Waals surface area contributed by atoms with E-state index in [2.05, 4.69) is 15.3 Å². The summed E-state index contributed by atoms with van der Waals surface area (Å²) in [4.78, 5) is 27.7. The Labute approximate surface area is 203 Å². The van der Waals surface area contributed by atoms with Gasteiger partial charge in [-0.15, -0.1) is 0 Å². The second-order valence-corrected chi connectivity index (χ2v) is 7.67. The third-order valence-electron chi connectivity index (χ3n) is 4.99. The molecule has 0 aliphatic heterocycles. The van der Waals surface area contributed by atoms with Crippen molar-refractivity contribution in [3.05, 3.63) is 75.7 Å². The number of rotatable bonds is 12. The molecule has 0 heterocycles. The zero-order chi connectivity index (χ0) is 26.7. The van der Waals surface area contributed by atoms with Gasteiger partial charge in [0, 0.05) is 11.3 Å². The van der Waals surface area contributed by atoms with Gasteiger partial charge < -0.3 is 19.9 Å². The molecule has 0 fully saturated rings. The van der Waals surface area contributed by atoms with E-state index in [0.717, 1.165) is 19.2 Å². The number of aliphatic hydroxyl groups excluding tert-OH is 1. The van der Waals surface area contributed by atoms with Crippen molar-refractivity contribution in [3.63, 3.8) is 0 Å². The Kier molecular flexibility index (Phi) is 10.5. The van der Waals surface area contributed by atoms with Crippen LogP contribution in [0.25, 0.3) is 10.4 Å². The van der Waals surface area contributed by atoms with Crippen molar-refractivity contribution in [1.82, 2.24) is 5.32 Å². The quantitative estimate of drug-likeness (QED) is 0.148. The van der Waals surface area contributed by atoms with Crippen LogP contribution < -0.4 is 10.1 Å². The van der Waals surface area contributed by atoms with Crippen LogP contribution in [-0.2, 0) is 33.3 Å². The second-order valence-electron chi connectivity index (χ2n) is 7.67. The molecule has 0 radical (unpaired) electrons. The fourth-order valence-electron chi connectivity index (χ4n) is 3.10. The zero-order valence-corrected chi connectivity index (χ0v) is 19.1. The molecule has 1 amide bonds. The predicted molar refractivity (Wildman–Crippen MR) is 120 cm³/mol. The summed E-state index contributed by atoms with van der Waals surface area (Å²) in [5.41, 5.74) is 8.94. The molecule has 3 atom stereocenters. The molecule has 9 nitrogen and oxygen atoms in total. The number of amides is 1. The third-order valence-corrected chi connectivity index (χ3v) is 4.99. The molecule has 0 bridgehead atoms. The van der Waals surface area contributed by atoms with Crippen LogP contribution >= 0.6 is 0 Å². The number of halogens is 4. The number of methoxy groups -OCH3 is 1. The Morgan fingerprint density at radius 2 is 1.67 bits per heavy atom. The molecular formula is C23H24F4N4O5. The first-order valence-electron chi connectivity index (χ1n) is 10.6. The number of hydrogen-bond donors (Lipinski definition) is 2. The molecule has 2 N–H and O–H groups in total. The topological polar surface area (TPSA) is 134 Å². The fourth-order valence-corrected chi connectivity index (χ4v) is 3.10. The normalized spacial score (nSPS) is 13.6. The van der Waals surface area contributed by atoms with Gasteiger partial charge in [0.1, 0.15) is 37.2 Å². The van der Waals surface area contributed by atoms with E-state index in [1.165, 1.54) is 24.3 Å². The first-order valence-corrected chi connectivity index (χ1v) is 10.6. The maximum atomic E-state index is 12.8. The van der Waals surface area contributed by atoms with Gasteiger partial charge in [0.05, 0.1) is 12.7 Å². The highest BCUT2D eigenvalue weighted by Gasteiger charge is 2.31. The number of hydrogen-bond acceptors (Lipinski definition) is 6. The fraction of sp³-hybridized carbons (Fsp3) is 0.391. The lowest BCUT2D eigenvalue weighted by Crippen LogP contribution is -2.47. The summed E-state index contributed by atoms with van der Waals surface area (Å²) in [5, 5.41) is 15.1. The van der Waals surface area contributed by atoms with Crippen LogP contribution in [0.4, 0.5) is 17.6 Å². The summed E-state index contributed by atoms with van der Waals surface area (Å²) in [6.07, 6.45) is -5.97. The minimum absolute atomic E-state index is 0.0442. The molecule has 194 valence electrons. The monoisotopic (exact) mass is 512 g/mol. The first kappa shape index (κ1) is 28.4. The largest absolute Gasteiger partial charge is 0.491 e. The maximum absolute atomic E-state index is 12.8. The Morgan fingerprint density at radius 3 is 2.19 bits per heavy atom. The third kappa shape index (κ3) is 8.75. The van der Waals surface area contributed by atoms with Gasteiger partial charge in [-0.25, -0.2) is 9.18 Å². The number of azide groups is 1. The average Bonchev–Trinajstić information content (AvgIpc) is 2.86. The van der Waals surface area contributed by atoms with Crippen LogP contribution in [0.15, 0.2) is 53.6 Å². The van der Waals surface area contributed by atoms with E-state index in [4.69, 9.17) is 15.0 Å². The van der Waals surface area contributed by atoms with Crippen molar-refractivity contribution in [3.8, 4) is 5.75 Å². The molecule has 2 aromatic carbocycles. The van der Waals surface area contributed by atoms with Crippen molar-refractivity contribution in [1.29, 1.82) is 0 Å². The lowest BCUT2D eigenvalue weighted by Gasteiger charge is -2.19. The van der Waals surface area contributed by atoms with Crippen molar-refractivity contribution >= 4 is 11.9 Å². The Bertz CT molecular complexity index is 1060. The molecule has 0 aliphatic carbocycles. The van der Waals surface area contributed by atoms with Crippen molar-refractivity contribution < 1.29 is 41.7 Å². The highest BCUT2D eigenvalue weighted by atomic mass is 19.4. The van der Waals surface area contributed by atoms with Gasteiger partial charge in [-0.05, 0) is 47.3 Å². The van der Waals surface area contributed by atoms with E-state index in [1.54, 1.807) is 12.1 Å². The van der Waals surface area contributed by atoms with Crippen LogP contribution in [0.1, 0.15) is 16.7 Å². The number of esters is 1. The van der Waals surface area contributed by atoms with Gasteiger partial charge in [0.2, 0.25) is 5.91 Å². The molecule has 0 spiro atoms. The minimum Gasteiger partial charge on any atom is -0.491 e. The van der Waals surface area contributed by atoms with Gasteiger partial charge in [0.25, 0.3) is 0 Å². The van der Waals surface area contributed by atoms with E-state index in [-0.39, 0.29) is 19.4 Å². The Balaban J connectivity index is 2.09. The maximum Gasteiger partial charge on any atom is 0.416 e. The van der Waals surface area contributed by atoms with E-state index < -0.39 is 48.5 Å². The number of benzene rings is 2. The number of carbonyl (C=O) groups is 2. The summed E-state index contributed by atoms with van der Waals surface area (Å²) in [6, 6.07) is 7.79. The Morgan fingerprint density at radius 1 is 1.08 bits per heavy atom. The van der Waals surface area contributed by atoms with E-state index >= 15 is 0 Å². The number of aliphatic hydroxyl groups is 1. The van der Waals surface area contributed by atoms with Crippen molar-refractivity contribution in [2.75, 3.05) is 20.4 Å². The van der Waals surface area contributed by atoms with Crippen LogP contribution in [0.3, 0.4) is 0 Å². The highest BCUT2D eigenvalue weighted by molar-refractivity contribution is 5.88. The molecule has 0 saturated carbocycles.